The number of allylic oxidation sites excluding steroid dienone is 1. The Morgan fingerprint density at radius 1 is 1.03 bits per heavy atom. The van der Waals surface area contributed by atoms with Crippen molar-refractivity contribution in [1.29, 1.82) is 0 Å². The number of thioether (sulfide) groups is 1. The standard InChI is InChI=1S/C27H24N4O4S/c1-34-21-15-13-20(14-16-21)31-26(33)22-10-4-5-11-23(22)29-27(31)36-18-25(32)30-28-17-7-9-19-8-3-6-12-24(19)35-2/h3-17H,18H2,1-2H3,(H,30,32). The molecule has 0 unspecified atom stereocenters. The smallest absolute Gasteiger partial charge is 0.266 e. The Labute approximate surface area is 212 Å². The summed E-state index contributed by atoms with van der Waals surface area (Å²) in [6, 6.07) is 21.8. The van der Waals surface area contributed by atoms with Gasteiger partial charge in [0.05, 0.1) is 36.6 Å². The minimum atomic E-state index is -0.328. The normalized spacial score (nSPS) is 11.3. The molecule has 0 aliphatic carbocycles. The predicted molar refractivity (Wildman–Crippen MR) is 143 cm³/mol. The highest BCUT2D eigenvalue weighted by atomic mass is 32.2. The Bertz CT molecular complexity index is 1480. The number of para-hydroxylation sites is 2. The number of hydrogen-bond acceptors (Lipinski definition) is 7. The maximum atomic E-state index is 13.3. The van der Waals surface area contributed by atoms with Crippen molar-refractivity contribution in [3.05, 3.63) is 94.8 Å². The number of hydrazone groups is 1. The fourth-order valence-corrected chi connectivity index (χ4v) is 4.24. The van der Waals surface area contributed by atoms with E-state index in [1.54, 1.807) is 62.8 Å². The van der Waals surface area contributed by atoms with Crippen molar-refractivity contribution < 1.29 is 14.3 Å². The van der Waals surface area contributed by atoms with Crippen molar-refractivity contribution in [1.82, 2.24) is 15.0 Å². The van der Waals surface area contributed by atoms with Crippen LogP contribution in [0.15, 0.2) is 93.9 Å². The lowest BCUT2D eigenvalue weighted by Gasteiger charge is -2.13. The number of methoxy groups -OCH3 is 2. The molecular formula is C27H24N4O4S. The highest BCUT2D eigenvalue weighted by Crippen LogP contribution is 2.23. The Kier molecular flexibility index (Phi) is 8.15. The van der Waals surface area contributed by atoms with Gasteiger partial charge < -0.3 is 9.47 Å². The monoisotopic (exact) mass is 500 g/mol. The lowest BCUT2D eigenvalue weighted by atomic mass is 10.2. The van der Waals surface area contributed by atoms with Crippen LogP contribution in [0, 0.1) is 0 Å². The molecule has 36 heavy (non-hydrogen) atoms. The first-order valence-corrected chi connectivity index (χ1v) is 12.0. The van der Waals surface area contributed by atoms with Crippen molar-refractivity contribution >= 4 is 40.9 Å². The van der Waals surface area contributed by atoms with E-state index in [0.29, 0.717) is 27.5 Å². The molecule has 9 heteroatoms. The molecule has 1 aromatic heterocycles. The zero-order chi connectivity index (χ0) is 25.3. The zero-order valence-electron chi connectivity index (χ0n) is 19.8. The molecule has 0 saturated heterocycles. The van der Waals surface area contributed by atoms with Crippen LogP contribution in [0.3, 0.4) is 0 Å². The third-order valence-electron chi connectivity index (χ3n) is 5.17. The summed E-state index contributed by atoms with van der Waals surface area (Å²) in [6.07, 6.45) is 5.02. The molecule has 1 amide bonds. The number of hydrogen-bond donors (Lipinski definition) is 1. The molecule has 0 atom stereocenters. The average Bonchev–Trinajstić information content (AvgIpc) is 2.92. The largest absolute Gasteiger partial charge is 0.497 e. The number of benzene rings is 3. The summed E-state index contributed by atoms with van der Waals surface area (Å²) < 4.78 is 12.0. The summed E-state index contributed by atoms with van der Waals surface area (Å²) in [7, 11) is 3.19. The Balaban J connectivity index is 1.48. The van der Waals surface area contributed by atoms with Gasteiger partial charge in [0.25, 0.3) is 11.5 Å². The number of aromatic nitrogens is 2. The molecular weight excluding hydrogens is 476 g/mol. The number of carbonyl (C=O) groups is 1. The van der Waals surface area contributed by atoms with Gasteiger partial charge in [0, 0.05) is 11.8 Å². The van der Waals surface area contributed by atoms with Crippen LogP contribution in [-0.2, 0) is 4.79 Å². The quantitative estimate of drug-likeness (QED) is 0.159. The third kappa shape index (κ3) is 5.81. The average molecular weight is 501 g/mol. The van der Waals surface area contributed by atoms with Crippen LogP contribution in [0.5, 0.6) is 11.5 Å². The second-order valence-corrected chi connectivity index (χ2v) is 8.40. The first-order chi connectivity index (χ1) is 17.6. The maximum Gasteiger partial charge on any atom is 0.266 e. The van der Waals surface area contributed by atoms with Gasteiger partial charge in [0.15, 0.2) is 5.16 Å². The van der Waals surface area contributed by atoms with Crippen molar-refractivity contribution in [2.45, 2.75) is 5.16 Å². The summed E-state index contributed by atoms with van der Waals surface area (Å²) in [5.41, 5.74) is 4.36. The number of rotatable bonds is 9. The molecule has 182 valence electrons. The Hall–Kier alpha value is -4.37. The molecule has 0 bridgehead atoms. The summed E-state index contributed by atoms with van der Waals surface area (Å²) >= 11 is 1.15. The molecule has 0 aliphatic heterocycles. The van der Waals surface area contributed by atoms with E-state index in [2.05, 4.69) is 15.5 Å². The molecule has 8 nitrogen and oxygen atoms in total. The molecule has 0 fully saturated rings. The van der Waals surface area contributed by atoms with Crippen molar-refractivity contribution in [2.75, 3.05) is 20.0 Å². The van der Waals surface area contributed by atoms with Gasteiger partial charge in [-0.3, -0.25) is 14.2 Å². The second-order valence-electron chi connectivity index (χ2n) is 7.45. The number of ether oxygens (including phenoxy) is 2. The number of nitrogens with zero attached hydrogens (tertiary/aromatic N) is 3. The third-order valence-corrected chi connectivity index (χ3v) is 6.11. The lowest BCUT2D eigenvalue weighted by molar-refractivity contribution is -0.118. The van der Waals surface area contributed by atoms with Gasteiger partial charge in [-0.05, 0) is 54.6 Å². The van der Waals surface area contributed by atoms with Gasteiger partial charge in [-0.2, -0.15) is 5.10 Å². The summed E-state index contributed by atoms with van der Waals surface area (Å²) in [4.78, 5) is 30.3. The zero-order valence-corrected chi connectivity index (χ0v) is 20.6. The minimum absolute atomic E-state index is 0.0223. The lowest BCUT2D eigenvalue weighted by Crippen LogP contribution is -2.24. The van der Waals surface area contributed by atoms with Crippen molar-refractivity contribution in [2.24, 2.45) is 5.10 Å². The van der Waals surface area contributed by atoms with E-state index in [4.69, 9.17) is 9.47 Å². The van der Waals surface area contributed by atoms with Crippen LogP contribution < -0.4 is 20.5 Å². The molecule has 0 saturated carbocycles. The van der Waals surface area contributed by atoms with Crippen molar-refractivity contribution in [3.63, 3.8) is 0 Å². The van der Waals surface area contributed by atoms with Crippen LogP contribution >= 0.6 is 11.8 Å². The maximum absolute atomic E-state index is 13.3. The number of nitrogens with one attached hydrogen (secondary N) is 1. The van der Waals surface area contributed by atoms with Gasteiger partial charge in [0.1, 0.15) is 11.5 Å². The molecule has 1 heterocycles. The molecule has 1 N–H and O–H groups in total. The predicted octanol–water partition coefficient (Wildman–Crippen LogP) is 4.31. The van der Waals surface area contributed by atoms with Crippen LogP contribution in [0.4, 0.5) is 0 Å². The fraction of sp³-hybridized carbons (Fsp3) is 0.111. The number of carbonyl (C=O) groups excluding carboxylic acids is 1. The number of fused-ring (bicyclic) bond motifs is 1. The van der Waals surface area contributed by atoms with E-state index < -0.39 is 0 Å². The molecule has 0 radical (unpaired) electrons. The number of amides is 1. The molecule has 0 aliphatic rings. The van der Waals surface area contributed by atoms with Gasteiger partial charge in [-0.25, -0.2) is 10.4 Å². The van der Waals surface area contributed by atoms with E-state index in [0.717, 1.165) is 23.1 Å². The van der Waals surface area contributed by atoms with Crippen molar-refractivity contribution in [3.8, 4) is 17.2 Å². The minimum Gasteiger partial charge on any atom is -0.497 e. The fourth-order valence-electron chi connectivity index (χ4n) is 3.43. The molecule has 4 rings (SSSR count). The summed E-state index contributed by atoms with van der Waals surface area (Å²) in [6.45, 7) is 0. The molecule has 3 aromatic carbocycles. The highest BCUT2D eigenvalue weighted by Gasteiger charge is 2.15. The summed E-state index contributed by atoms with van der Waals surface area (Å²) in [5, 5.41) is 4.85. The van der Waals surface area contributed by atoms with E-state index in [1.807, 2.05) is 36.4 Å². The van der Waals surface area contributed by atoms with E-state index >= 15 is 0 Å². The van der Waals surface area contributed by atoms with Crippen LogP contribution in [0.2, 0.25) is 0 Å². The Morgan fingerprint density at radius 2 is 1.78 bits per heavy atom. The second kappa shape index (κ2) is 11.9. The van der Waals surface area contributed by atoms with Crippen LogP contribution in [-0.4, -0.2) is 41.6 Å². The van der Waals surface area contributed by atoms with Crippen LogP contribution in [0.1, 0.15) is 5.56 Å². The van der Waals surface area contributed by atoms with Gasteiger partial charge in [-0.1, -0.05) is 42.1 Å². The first-order valence-electron chi connectivity index (χ1n) is 11.0. The topological polar surface area (TPSA) is 94.8 Å². The van der Waals surface area contributed by atoms with Gasteiger partial charge in [-0.15, -0.1) is 0 Å². The highest BCUT2D eigenvalue weighted by molar-refractivity contribution is 7.99. The SMILES string of the molecule is COc1ccc(-n2c(SCC(=O)NN=CC=Cc3ccccc3OC)nc3ccccc3c2=O)cc1. The van der Waals surface area contributed by atoms with E-state index in [1.165, 1.54) is 10.8 Å². The first kappa shape index (κ1) is 24.7. The van der Waals surface area contributed by atoms with Gasteiger partial charge >= 0.3 is 0 Å². The Morgan fingerprint density at radius 3 is 2.56 bits per heavy atom. The molecule has 4 aromatic rings. The van der Waals surface area contributed by atoms with E-state index in [9.17, 15) is 9.59 Å². The summed E-state index contributed by atoms with van der Waals surface area (Å²) in [5.74, 6) is 1.11. The molecule has 0 spiro atoms. The van der Waals surface area contributed by atoms with Gasteiger partial charge in [0.2, 0.25) is 0 Å². The van der Waals surface area contributed by atoms with Crippen LogP contribution in [0.25, 0.3) is 22.7 Å². The van der Waals surface area contributed by atoms with E-state index in [-0.39, 0.29) is 17.2 Å².